The van der Waals surface area contributed by atoms with Crippen molar-refractivity contribution >= 4 is 33.0 Å². The topological polar surface area (TPSA) is 57.6 Å². The molecule has 1 aromatic rings. The molecule has 0 atom stereocenters. The summed E-state index contributed by atoms with van der Waals surface area (Å²) in [5, 5.41) is 9.08. The summed E-state index contributed by atoms with van der Waals surface area (Å²) in [5.74, 6) is 0. The molecular formula is C11H16ClNO3S2. The smallest absolute Gasteiger partial charge is 0.252 e. The molecule has 1 aromatic heterocycles. The van der Waals surface area contributed by atoms with Gasteiger partial charge in [0.15, 0.2) is 0 Å². The Bertz CT molecular complexity index is 494. The fourth-order valence-electron chi connectivity index (χ4n) is 2.34. The van der Waals surface area contributed by atoms with Gasteiger partial charge in [0, 0.05) is 12.6 Å². The van der Waals surface area contributed by atoms with Crippen LogP contribution < -0.4 is 0 Å². The fourth-order valence-corrected chi connectivity index (χ4v) is 5.63. The minimum Gasteiger partial charge on any atom is -0.395 e. The zero-order valence-corrected chi connectivity index (χ0v) is 12.3. The molecule has 1 aliphatic rings. The molecule has 1 aliphatic carbocycles. The van der Waals surface area contributed by atoms with Gasteiger partial charge in [-0.2, -0.15) is 4.31 Å². The van der Waals surface area contributed by atoms with E-state index in [1.807, 2.05) is 0 Å². The number of aliphatic hydroxyl groups is 1. The summed E-state index contributed by atoms with van der Waals surface area (Å²) in [7, 11) is -3.52. The van der Waals surface area contributed by atoms with E-state index in [9.17, 15) is 8.42 Å². The Morgan fingerprint density at radius 3 is 2.56 bits per heavy atom. The summed E-state index contributed by atoms with van der Waals surface area (Å²) in [5.41, 5.74) is 0. The van der Waals surface area contributed by atoms with Crippen molar-refractivity contribution in [2.24, 2.45) is 0 Å². The van der Waals surface area contributed by atoms with E-state index in [-0.39, 0.29) is 23.4 Å². The van der Waals surface area contributed by atoms with Crippen LogP contribution >= 0.6 is 22.9 Å². The minimum absolute atomic E-state index is 0.0167. The summed E-state index contributed by atoms with van der Waals surface area (Å²) in [6.07, 6.45) is 3.84. The third-order valence-electron chi connectivity index (χ3n) is 3.16. The van der Waals surface area contributed by atoms with E-state index in [2.05, 4.69) is 0 Å². The van der Waals surface area contributed by atoms with Gasteiger partial charge in [-0.05, 0) is 25.0 Å². The number of rotatable bonds is 5. The Balaban J connectivity index is 2.28. The number of nitrogens with zero attached hydrogens (tertiary/aromatic N) is 1. The average molecular weight is 310 g/mol. The van der Waals surface area contributed by atoms with Crippen molar-refractivity contribution in [1.82, 2.24) is 4.31 Å². The van der Waals surface area contributed by atoms with Crippen LogP contribution in [-0.4, -0.2) is 37.0 Å². The van der Waals surface area contributed by atoms with Gasteiger partial charge in [0.25, 0.3) is 10.0 Å². The lowest BCUT2D eigenvalue weighted by atomic mass is 10.2. The van der Waals surface area contributed by atoms with Gasteiger partial charge in [-0.15, -0.1) is 11.3 Å². The summed E-state index contributed by atoms with van der Waals surface area (Å²) in [6.45, 7) is -0.00262. The van der Waals surface area contributed by atoms with Crippen LogP contribution in [0.15, 0.2) is 16.3 Å². The van der Waals surface area contributed by atoms with E-state index >= 15 is 0 Å². The van der Waals surface area contributed by atoms with Gasteiger partial charge in [0.1, 0.15) is 4.21 Å². The van der Waals surface area contributed by atoms with Crippen LogP contribution in [0.4, 0.5) is 0 Å². The Morgan fingerprint density at radius 1 is 1.39 bits per heavy atom. The lowest BCUT2D eigenvalue weighted by Crippen LogP contribution is -2.40. The van der Waals surface area contributed by atoms with Crippen LogP contribution in [-0.2, 0) is 10.0 Å². The van der Waals surface area contributed by atoms with Crippen LogP contribution in [0.5, 0.6) is 0 Å². The molecule has 7 heteroatoms. The molecule has 4 nitrogen and oxygen atoms in total. The van der Waals surface area contributed by atoms with Crippen molar-refractivity contribution in [2.75, 3.05) is 13.2 Å². The maximum Gasteiger partial charge on any atom is 0.252 e. The lowest BCUT2D eigenvalue weighted by Gasteiger charge is -2.26. The van der Waals surface area contributed by atoms with Gasteiger partial charge >= 0.3 is 0 Å². The first-order chi connectivity index (χ1) is 8.55. The highest BCUT2D eigenvalue weighted by molar-refractivity contribution is 7.91. The van der Waals surface area contributed by atoms with Crippen molar-refractivity contribution < 1.29 is 13.5 Å². The highest BCUT2D eigenvalue weighted by Gasteiger charge is 2.33. The molecule has 0 aliphatic heterocycles. The lowest BCUT2D eigenvalue weighted by molar-refractivity contribution is 0.226. The third-order valence-corrected chi connectivity index (χ3v) is 6.81. The SMILES string of the molecule is O=S(=O)(c1ccc(Cl)s1)N(CCO)C1CCCC1. The zero-order chi connectivity index (χ0) is 13.2. The molecule has 0 bridgehead atoms. The maximum atomic E-state index is 12.5. The molecule has 0 radical (unpaired) electrons. The second-order valence-corrected chi connectivity index (χ2v) is 8.17. The van der Waals surface area contributed by atoms with Crippen LogP contribution in [0.1, 0.15) is 25.7 Å². The predicted octanol–water partition coefficient (Wildman–Crippen LogP) is 2.33. The van der Waals surface area contributed by atoms with Crippen molar-refractivity contribution in [1.29, 1.82) is 0 Å². The van der Waals surface area contributed by atoms with Gasteiger partial charge in [0.05, 0.1) is 10.9 Å². The molecule has 1 heterocycles. The van der Waals surface area contributed by atoms with Crippen molar-refractivity contribution in [2.45, 2.75) is 35.9 Å². The first-order valence-electron chi connectivity index (χ1n) is 5.94. The van der Waals surface area contributed by atoms with Gasteiger partial charge < -0.3 is 5.11 Å². The molecule has 0 saturated heterocycles. The first kappa shape index (κ1) is 14.3. The van der Waals surface area contributed by atoms with E-state index in [0.29, 0.717) is 4.34 Å². The highest BCUT2D eigenvalue weighted by Crippen LogP contribution is 2.32. The zero-order valence-electron chi connectivity index (χ0n) is 9.88. The maximum absolute atomic E-state index is 12.5. The Kier molecular flexibility index (Phi) is 4.66. The molecule has 0 spiro atoms. The van der Waals surface area contributed by atoms with Gasteiger partial charge in [-0.3, -0.25) is 0 Å². The number of halogens is 1. The van der Waals surface area contributed by atoms with E-state index in [0.717, 1.165) is 37.0 Å². The molecule has 0 unspecified atom stereocenters. The summed E-state index contributed by atoms with van der Waals surface area (Å²) in [6, 6.07) is 3.13. The first-order valence-corrected chi connectivity index (χ1v) is 8.57. The van der Waals surface area contributed by atoms with E-state index in [4.69, 9.17) is 16.7 Å². The van der Waals surface area contributed by atoms with Crippen molar-refractivity contribution in [3.63, 3.8) is 0 Å². The van der Waals surface area contributed by atoms with Crippen LogP contribution in [0.2, 0.25) is 4.34 Å². The van der Waals surface area contributed by atoms with Crippen molar-refractivity contribution in [3.05, 3.63) is 16.5 Å². The van der Waals surface area contributed by atoms with Crippen LogP contribution in [0.25, 0.3) is 0 Å². The van der Waals surface area contributed by atoms with E-state index < -0.39 is 10.0 Å². The predicted molar refractivity (Wildman–Crippen MR) is 72.6 cm³/mol. The number of hydrogen-bond donors (Lipinski definition) is 1. The Labute approximate surface area is 116 Å². The normalized spacial score (nSPS) is 17.7. The summed E-state index contributed by atoms with van der Waals surface area (Å²) >= 11 is 6.86. The molecule has 102 valence electrons. The second kappa shape index (κ2) is 5.88. The number of sulfonamides is 1. The van der Waals surface area contributed by atoms with E-state index in [1.54, 1.807) is 6.07 Å². The molecule has 1 fully saturated rings. The molecule has 0 amide bonds. The number of thiophene rings is 1. The second-order valence-electron chi connectivity index (χ2n) is 4.34. The number of hydrogen-bond acceptors (Lipinski definition) is 4. The van der Waals surface area contributed by atoms with Crippen LogP contribution in [0, 0.1) is 0 Å². The molecular weight excluding hydrogens is 294 g/mol. The Hall–Kier alpha value is -0.140. The highest BCUT2D eigenvalue weighted by atomic mass is 35.5. The summed E-state index contributed by atoms with van der Waals surface area (Å²) in [4.78, 5) is 0. The van der Waals surface area contributed by atoms with Gasteiger partial charge in [-0.25, -0.2) is 8.42 Å². The molecule has 2 rings (SSSR count). The van der Waals surface area contributed by atoms with Gasteiger partial charge in [-0.1, -0.05) is 24.4 Å². The standard InChI is InChI=1S/C11H16ClNO3S2/c12-10-5-6-11(17-10)18(15,16)13(7-8-14)9-3-1-2-4-9/h5-6,9,14H,1-4,7-8H2. The monoisotopic (exact) mass is 309 g/mol. The molecule has 18 heavy (non-hydrogen) atoms. The Morgan fingerprint density at radius 2 is 2.06 bits per heavy atom. The fraction of sp³-hybridized carbons (Fsp3) is 0.636. The van der Waals surface area contributed by atoms with E-state index in [1.165, 1.54) is 10.4 Å². The van der Waals surface area contributed by atoms with Crippen molar-refractivity contribution in [3.8, 4) is 0 Å². The quantitative estimate of drug-likeness (QED) is 0.908. The van der Waals surface area contributed by atoms with Crippen LogP contribution in [0.3, 0.4) is 0 Å². The summed E-state index contributed by atoms with van der Waals surface area (Å²) < 4.78 is 27.1. The molecule has 1 saturated carbocycles. The van der Waals surface area contributed by atoms with Gasteiger partial charge in [0.2, 0.25) is 0 Å². The number of aliphatic hydroxyl groups excluding tert-OH is 1. The minimum atomic E-state index is -3.52. The average Bonchev–Trinajstić information content (AvgIpc) is 2.96. The molecule has 0 aromatic carbocycles. The largest absolute Gasteiger partial charge is 0.395 e. The third kappa shape index (κ3) is 2.88. The molecule has 1 N–H and O–H groups in total.